The van der Waals surface area contributed by atoms with Crippen LogP contribution in [0.4, 0.5) is 4.79 Å². The Morgan fingerprint density at radius 3 is 2.48 bits per heavy atom. The van der Waals surface area contributed by atoms with E-state index in [1.165, 1.54) is 23.5 Å². The SMILES string of the molecule is CNC(=O)NC(=O)COC(=O)c1cc(S(=O)(=O)N2CCCCC2)ccc1Cl. The molecule has 0 bridgehead atoms. The molecule has 3 amide bonds. The van der Waals surface area contributed by atoms with Crippen LogP contribution in [-0.2, 0) is 19.6 Å². The molecular formula is C16H20ClN3O6S. The fraction of sp³-hybridized carbons (Fsp3) is 0.438. The fourth-order valence-electron chi connectivity index (χ4n) is 2.51. The predicted octanol–water partition coefficient (Wildman–Crippen LogP) is 1.13. The highest BCUT2D eigenvalue weighted by Crippen LogP contribution is 2.25. The van der Waals surface area contributed by atoms with Crippen molar-refractivity contribution in [1.82, 2.24) is 14.9 Å². The van der Waals surface area contributed by atoms with Gasteiger partial charge in [0.15, 0.2) is 6.61 Å². The normalized spacial score (nSPS) is 15.0. The average molecular weight is 418 g/mol. The molecule has 27 heavy (non-hydrogen) atoms. The van der Waals surface area contributed by atoms with Crippen LogP contribution in [-0.4, -0.2) is 57.4 Å². The summed E-state index contributed by atoms with van der Waals surface area (Å²) in [6, 6.07) is 3.00. The minimum absolute atomic E-state index is 0.00990. The largest absolute Gasteiger partial charge is 0.452 e. The Bertz CT molecular complexity index is 837. The molecule has 9 nitrogen and oxygen atoms in total. The van der Waals surface area contributed by atoms with Crippen molar-refractivity contribution in [2.24, 2.45) is 0 Å². The summed E-state index contributed by atoms with van der Waals surface area (Å²) in [7, 11) is -2.43. The van der Waals surface area contributed by atoms with Gasteiger partial charge >= 0.3 is 12.0 Å². The van der Waals surface area contributed by atoms with Gasteiger partial charge in [0.1, 0.15) is 0 Å². The van der Waals surface area contributed by atoms with Gasteiger partial charge in [0.25, 0.3) is 5.91 Å². The number of urea groups is 1. The molecule has 0 aromatic heterocycles. The number of amides is 3. The van der Waals surface area contributed by atoms with Crippen molar-refractivity contribution in [2.45, 2.75) is 24.2 Å². The Morgan fingerprint density at radius 2 is 1.85 bits per heavy atom. The van der Waals surface area contributed by atoms with Crippen LogP contribution in [0, 0.1) is 0 Å². The lowest BCUT2D eigenvalue weighted by Gasteiger charge is -2.26. The number of carbonyl (C=O) groups is 3. The van der Waals surface area contributed by atoms with Crippen molar-refractivity contribution in [3.8, 4) is 0 Å². The van der Waals surface area contributed by atoms with E-state index in [4.69, 9.17) is 16.3 Å². The highest BCUT2D eigenvalue weighted by molar-refractivity contribution is 7.89. The second kappa shape index (κ2) is 9.16. The van der Waals surface area contributed by atoms with Gasteiger partial charge in [-0.3, -0.25) is 10.1 Å². The van der Waals surface area contributed by atoms with Gasteiger partial charge < -0.3 is 10.1 Å². The minimum Gasteiger partial charge on any atom is -0.452 e. The van der Waals surface area contributed by atoms with Crippen molar-refractivity contribution in [3.63, 3.8) is 0 Å². The molecule has 0 unspecified atom stereocenters. The monoisotopic (exact) mass is 417 g/mol. The van der Waals surface area contributed by atoms with Gasteiger partial charge in [0, 0.05) is 20.1 Å². The Kier molecular flexibility index (Phi) is 7.17. The number of benzene rings is 1. The van der Waals surface area contributed by atoms with Gasteiger partial charge in [-0.25, -0.2) is 18.0 Å². The summed E-state index contributed by atoms with van der Waals surface area (Å²) in [4.78, 5) is 34.6. The molecule has 1 aromatic rings. The second-order valence-electron chi connectivity index (χ2n) is 5.81. The first-order valence-corrected chi connectivity index (χ1v) is 10.1. The quantitative estimate of drug-likeness (QED) is 0.692. The molecule has 148 valence electrons. The third-order valence-electron chi connectivity index (χ3n) is 3.92. The first-order chi connectivity index (χ1) is 12.8. The van der Waals surface area contributed by atoms with Gasteiger partial charge in [-0.15, -0.1) is 0 Å². The van der Waals surface area contributed by atoms with Crippen LogP contribution < -0.4 is 10.6 Å². The van der Waals surface area contributed by atoms with Gasteiger partial charge in [-0.2, -0.15) is 4.31 Å². The van der Waals surface area contributed by atoms with Crippen LogP contribution in [0.1, 0.15) is 29.6 Å². The number of esters is 1. The van der Waals surface area contributed by atoms with Gasteiger partial charge in [-0.05, 0) is 31.0 Å². The molecular weight excluding hydrogens is 398 g/mol. The summed E-state index contributed by atoms with van der Waals surface area (Å²) in [5, 5.41) is 4.09. The predicted molar refractivity (Wildman–Crippen MR) is 96.9 cm³/mol. The number of piperidine rings is 1. The Morgan fingerprint density at radius 1 is 1.19 bits per heavy atom. The molecule has 0 saturated carbocycles. The van der Waals surface area contributed by atoms with E-state index in [1.807, 2.05) is 5.32 Å². The topological polar surface area (TPSA) is 122 Å². The van der Waals surface area contributed by atoms with Crippen LogP contribution in [0.5, 0.6) is 0 Å². The minimum atomic E-state index is -3.75. The molecule has 2 rings (SSSR count). The van der Waals surface area contributed by atoms with E-state index in [1.54, 1.807) is 0 Å². The zero-order chi connectivity index (χ0) is 20.0. The van der Waals surface area contributed by atoms with E-state index in [0.717, 1.165) is 25.3 Å². The summed E-state index contributed by atoms with van der Waals surface area (Å²) in [6.07, 6.45) is 2.53. The third-order valence-corrected chi connectivity index (χ3v) is 6.15. The number of carbonyl (C=O) groups excluding carboxylic acids is 3. The summed E-state index contributed by atoms with van der Waals surface area (Å²) in [5.41, 5.74) is -0.178. The number of nitrogens with one attached hydrogen (secondary N) is 2. The third kappa shape index (κ3) is 5.41. The fourth-order valence-corrected chi connectivity index (χ4v) is 4.25. The first-order valence-electron chi connectivity index (χ1n) is 8.24. The summed E-state index contributed by atoms with van der Waals surface area (Å²) < 4.78 is 31.6. The Hall–Kier alpha value is -2.17. The summed E-state index contributed by atoms with van der Waals surface area (Å²) in [5.74, 6) is -1.81. The smallest absolute Gasteiger partial charge is 0.340 e. The van der Waals surface area contributed by atoms with Crippen molar-refractivity contribution in [2.75, 3.05) is 26.7 Å². The Balaban J connectivity index is 2.13. The molecule has 1 aromatic carbocycles. The molecule has 0 atom stereocenters. The maximum Gasteiger partial charge on any atom is 0.340 e. The average Bonchev–Trinajstić information content (AvgIpc) is 2.66. The molecule has 0 spiro atoms. The van der Waals surface area contributed by atoms with Gasteiger partial charge in [-0.1, -0.05) is 18.0 Å². The zero-order valence-electron chi connectivity index (χ0n) is 14.7. The van der Waals surface area contributed by atoms with Crippen LogP contribution in [0.2, 0.25) is 5.02 Å². The number of halogens is 1. The number of imide groups is 1. The lowest BCUT2D eigenvalue weighted by atomic mass is 10.2. The molecule has 1 heterocycles. The number of rotatable bonds is 5. The molecule has 11 heteroatoms. The van der Waals surface area contributed by atoms with Crippen LogP contribution in [0.25, 0.3) is 0 Å². The van der Waals surface area contributed by atoms with E-state index in [9.17, 15) is 22.8 Å². The lowest BCUT2D eigenvalue weighted by Crippen LogP contribution is -2.39. The molecule has 1 fully saturated rings. The van der Waals surface area contributed by atoms with Crippen LogP contribution in [0.15, 0.2) is 23.1 Å². The molecule has 1 aliphatic heterocycles. The number of sulfonamides is 1. The standard InChI is InChI=1S/C16H20ClN3O6S/c1-18-16(23)19-14(21)10-26-15(22)12-9-11(5-6-13(12)17)27(24,25)20-7-3-2-4-8-20/h5-6,9H,2-4,7-8,10H2,1H3,(H2,18,19,21,23). The van der Waals surface area contributed by atoms with E-state index in [2.05, 4.69) is 5.32 Å². The van der Waals surface area contributed by atoms with Gasteiger partial charge in [0.2, 0.25) is 10.0 Å². The molecule has 1 saturated heterocycles. The van der Waals surface area contributed by atoms with Crippen molar-refractivity contribution < 1.29 is 27.5 Å². The van der Waals surface area contributed by atoms with Gasteiger partial charge in [0.05, 0.1) is 15.5 Å². The number of ether oxygens (including phenoxy) is 1. The lowest BCUT2D eigenvalue weighted by molar-refractivity contribution is -0.123. The highest BCUT2D eigenvalue weighted by atomic mass is 35.5. The molecule has 0 aliphatic carbocycles. The van der Waals surface area contributed by atoms with Crippen molar-refractivity contribution in [1.29, 1.82) is 0 Å². The van der Waals surface area contributed by atoms with Crippen molar-refractivity contribution in [3.05, 3.63) is 28.8 Å². The van der Waals surface area contributed by atoms with Crippen LogP contribution in [0.3, 0.4) is 0 Å². The van der Waals surface area contributed by atoms with Crippen LogP contribution >= 0.6 is 11.6 Å². The maximum absolute atomic E-state index is 12.7. The van der Waals surface area contributed by atoms with E-state index in [0.29, 0.717) is 13.1 Å². The molecule has 2 N–H and O–H groups in total. The second-order valence-corrected chi connectivity index (χ2v) is 8.15. The first kappa shape index (κ1) is 21.1. The molecule has 0 radical (unpaired) electrons. The zero-order valence-corrected chi connectivity index (χ0v) is 16.2. The number of hydrogen-bond donors (Lipinski definition) is 2. The van der Waals surface area contributed by atoms with E-state index in [-0.39, 0.29) is 15.5 Å². The summed E-state index contributed by atoms with van der Waals surface area (Å²) in [6.45, 7) is 0.125. The maximum atomic E-state index is 12.7. The Labute approximate surface area is 162 Å². The van der Waals surface area contributed by atoms with E-state index >= 15 is 0 Å². The summed E-state index contributed by atoms with van der Waals surface area (Å²) >= 11 is 5.98. The van der Waals surface area contributed by atoms with Crippen molar-refractivity contribution >= 4 is 39.5 Å². The number of nitrogens with zero attached hydrogens (tertiary/aromatic N) is 1. The highest BCUT2D eigenvalue weighted by Gasteiger charge is 2.27. The van der Waals surface area contributed by atoms with E-state index < -0.39 is 34.5 Å². The number of hydrogen-bond acceptors (Lipinski definition) is 6. The molecule has 1 aliphatic rings.